The van der Waals surface area contributed by atoms with Crippen LogP contribution < -0.4 is 10.5 Å². The molecule has 0 fully saturated rings. The first-order valence-corrected chi connectivity index (χ1v) is 6.92. The van der Waals surface area contributed by atoms with Gasteiger partial charge in [0.25, 0.3) is 0 Å². The van der Waals surface area contributed by atoms with Crippen LogP contribution in [-0.2, 0) is 0 Å². The number of anilines is 1. The predicted molar refractivity (Wildman–Crippen MR) is 82.5 cm³/mol. The molecule has 0 heterocycles. The lowest BCUT2D eigenvalue weighted by Gasteiger charge is -2.11. The molecule has 2 nitrogen and oxygen atoms in total. The summed E-state index contributed by atoms with van der Waals surface area (Å²) >= 11 is 5.65. The molecule has 0 spiro atoms. The number of nitrogen functional groups attached to an aromatic ring is 1. The van der Waals surface area contributed by atoms with E-state index in [0.29, 0.717) is 0 Å². The van der Waals surface area contributed by atoms with Crippen molar-refractivity contribution in [2.24, 2.45) is 0 Å². The maximum atomic E-state index is 5.88. The number of aryl methyl sites for hydroxylation is 1. The van der Waals surface area contributed by atoms with Crippen LogP contribution in [0.3, 0.4) is 0 Å². The van der Waals surface area contributed by atoms with Crippen LogP contribution >= 0.6 is 38.5 Å². The summed E-state index contributed by atoms with van der Waals surface area (Å²) < 4.78 is 7.89. The van der Waals surface area contributed by atoms with Crippen molar-refractivity contribution < 1.29 is 4.74 Å². The Morgan fingerprint density at radius 2 is 1.88 bits per heavy atom. The number of hydrogen-bond donors (Lipinski definition) is 1. The Morgan fingerprint density at radius 1 is 1.12 bits per heavy atom. The number of halogens is 2. The van der Waals surface area contributed by atoms with Crippen LogP contribution in [0.15, 0.2) is 40.9 Å². The normalized spacial score (nSPS) is 10.3. The van der Waals surface area contributed by atoms with Crippen molar-refractivity contribution in [1.29, 1.82) is 0 Å². The Hall–Kier alpha value is -0.750. The Bertz CT molecular complexity index is 557. The van der Waals surface area contributed by atoms with E-state index in [9.17, 15) is 0 Å². The van der Waals surface area contributed by atoms with Gasteiger partial charge in [-0.2, -0.15) is 0 Å². The molecule has 0 amide bonds. The van der Waals surface area contributed by atoms with E-state index in [1.807, 2.05) is 43.3 Å². The van der Waals surface area contributed by atoms with Crippen molar-refractivity contribution in [3.05, 3.63) is 50.0 Å². The summed E-state index contributed by atoms with van der Waals surface area (Å²) in [5.41, 5.74) is 7.55. The van der Waals surface area contributed by atoms with Crippen molar-refractivity contribution in [1.82, 2.24) is 0 Å². The van der Waals surface area contributed by atoms with E-state index in [1.165, 1.54) is 0 Å². The molecule has 88 valence electrons. The molecule has 0 aromatic heterocycles. The summed E-state index contributed by atoms with van der Waals surface area (Å²) in [7, 11) is 0. The van der Waals surface area contributed by atoms with Crippen molar-refractivity contribution in [2.75, 3.05) is 5.73 Å². The van der Waals surface area contributed by atoms with E-state index in [1.54, 1.807) is 0 Å². The summed E-state index contributed by atoms with van der Waals surface area (Å²) in [6.45, 7) is 2.02. The molecule has 0 unspecified atom stereocenters. The fourth-order valence-electron chi connectivity index (χ4n) is 1.40. The maximum Gasteiger partial charge on any atom is 0.140 e. The second kappa shape index (κ2) is 5.27. The molecule has 2 aromatic carbocycles. The number of benzene rings is 2. The standard InChI is InChI=1S/C13H11BrINO/c1-8-2-3-9(14)6-13(8)17-12-5-4-10(16)7-11(12)15/h2-7H,16H2,1H3. The van der Waals surface area contributed by atoms with E-state index in [2.05, 4.69) is 38.5 Å². The fraction of sp³-hybridized carbons (Fsp3) is 0.0769. The van der Waals surface area contributed by atoms with Crippen LogP contribution in [0, 0.1) is 10.5 Å². The van der Waals surface area contributed by atoms with Gasteiger partial charge >= 0.3 is 0 Å². The van der Waals surface area contributed by atoms with Gasteiger partial charge in [0.05, 0.1) is 3.57 Å². The minimum Gasteiger partial charge on any atom is -0.456 e. The van der Waals surface area contributed by atoms with Gasteiger partial charge in [-0.05, 0) is 65.4 Å². The van der Waals surface area contributed by atoms with Crippen LogP contribution in [0.25, 0.3) is 0 Å². The first-order chi connectivity index (χ1) is 8.06. The summed E-state index contributed by atoms with van der Waals surface area (Å²) in [5, 5.41) is 0. The zero-order valence-electron chi connectivity index (χ0n) is 9.21. The molecule has 0 aliphatic rings. The van der Waals surface area contributed by atoms with E-state index >= 15 is 0 Å². The second-order valence-electron chi connectivity index (χ2n) is 3.70. The van der Waals surface area contributed by atoms with Gasteiger partial charge in [-0.1, -0.05) is 22.0 Å². The Kier molecular flexibility index (Phi) is 3.93. The molecule has 0 atom stereocenters. The quantitative estimate of drug-likeness (QED) is 0.580. The third kappa shape index (κ3) is 3.13. The van der Waals surface area contributed by atoms with Crippen LogP contribution in [0.2, 0.25) is 0 Å². The molecular formula is C13H11BrINO. The van der Waals surface area contributed by atoms with Gasteiger partial charge in [-0.15, -0.1) is 0 Å². The third-order valence-electron chi connectivity index (χ3n) is 2.33. The van der Waals surface area contributed by atoms with E-state index in [0.717, 1.165) is 30.8 Å². The highest BCUT2D eigenvalue weighted by molar-refractivity contribution is 14.1. The topological polar surface area (TPSA) is 35.2 Å². The van der Waals surface area contributed by atoms with Crippen molar-refractivity contribution in [3.63, 3.8) is 0 Å². The van der Waals surface area contributed by atoms with Crippen LogP contribution in [0.4, 0.5) is 5.69 Å². The first kappa shape index (κ1) is 12.7. The third-order valence-corrected chi connectivity index (χ3v) is 3.66. The number of nitrogens with two attached hydrogens (primary N) is 1. The summed E-state index contributed by atoms with van der Waals surface area (Å²) in [5.74, 6) is 1.67. The van der Waals surface area contributed by atoms with Gasteiger partial charge in [0.1, 0.15) is 11.5 Å². The average Bonchev–Trinajstić information content (AvgIpc) is 2.27. The Morgan fingerprint density at radius 3 is 2.59 bits per heavy atom. The minimum atomic E-state index is 0.743. The average molecular weight is 404 g/mol. The van der Waals surface area contributed by atoms with Gasteiger partial charge in [-0.25, -0.2) is 0 Å². The molecule has 0 saturated heterocycles. The highest BCUT2D eigenvalue weighted by Gasteiger charge is 2.06. The van der Waals surface area contributed by atoms with Gasteiger partial charge < -0.3 is 10.5 Å². The second-order valence-corrected chi connectivity index (χ2v) is 5.78. The van der Waals surface area contributed by atoms with Gasteiger partial charge in [0, 0.05) is 10.2 Å². The Labute approximate surface area is 122 Å². The van der Waals surface area contributed by atoms with E-state index in [-0.39, 0.29) is 0 Å². The van der Waals surface area contributed by atoms with E-state index < -0.39 is 0 Å². The zero-order chi connectivity index (χ0) is 12.4. The first-order valence-electron chi connectivity index (χ1n) is 5.05. The molecule has 2 aromatic rings. The maximum absolute atomic E-state index is 5.88. The molecular weight excluding hydrogens is 393 g/mol. The lowest BCUT2D eigenvalue weighted by Crippen LogP contribution is -1.92. The number of hydrogen-bond acceptors (Lipinski definition) is 2. The molecule has 0 aliphatic carbocycles. The predicted octanol–water partition coefficient (Wildman–Crippen LogP) is 4.74. The van der Waals surface area contributed by atoms with Crippen molar-refractivity contribution in [2.45, 2.75) is 6.92 Å². The highest BCUT2D eigenvalue weighted by atomic mass is 127. The number of ether oxygens (including phenoxy) is 1. The highest BCUT2D eigenvalue weighted by Crippen LogP contribution is 2.31. The molecule has 2 rings (SSSR count). The Balaban J connectivity index is 2.34. The molecule has 4 heteroatoms. The fourth-order valence-corrected chi connectivity index (χ4v) is 2.39. The van der Waals surface area contributed by atoms with Crippen molar-refractivity contribution in [3.8, 4) is 11.5 Å². The molecule has 0 radical (unpaired) electrons. The van der Waals surface area contributed by atoms with Gasteiger partial charge in [0.15, 0.2) is 0 Å². The monoisotopic (exact) mass is 403 g/mol. The largest absolute Gasteiger partial charge is 0.456 e. The van der Waals surface area contributed by atoms with E-state index in [4.69, 9.17) is 10.5 Å². The summed E-state index contributed by atoms with van der Waals surface area (Å²) in [6, 6.07) is 11.6. The van der Waals surface area contributed by atoms with Gasteiger partial charge in [0.2, 0.25) is 0 Å². The summed E-state index contributed by atoms with van der Waals surface area (Å²) in [4.78, 5) is 0. The van der Waals surface area contributed by atoms with Crippen molar-refractivity contribution >= 4 is 44.2 Å². The zero-order valence-corrected chi connectivity index (χ0v) is 12.9. The molecule has 0 bridgehead atoms. The summed E-state index contributed by atoms with van der Waals surface area (Å²) in [6.07, 6.45) is 0. The molecule has 17 heavy (non-hydrogen) atoms. The molecule has 0 aliphatic heterocycles. The van der Waals surface area contributed by atoms with Crippen LogP contribution in [-0.4, -0.2) is 0 Å². The van der Waals surface area contributed by atoms with Gasteiger partial charge in [-0.3, -0.25) is 0 Å². The van der Waals surface area contributed by atoms with Crippen LogP contribution in [0.5, 0.6) is 11.5 Å². The smallest absolute Gasteiger partial charge is 0.140 e. The SMILES string of the molecule is Cc1ccc(Br)cc1Oc1ccc(N)cc1I. The molecule has 0 saturated carbocycles. The number of rotatable bonds is 2. The lowest BCUT2D eigenvalue weighted by molar-refractivity contribution is 0.475. The lowest BCUT2D eigenvalue weighted by atomic mass is 10.2. The van der Waals surface area contributed by atoms with Crippen LogP contribution in [0.1, 0.15) is 5.56 Å². The molecule has 2 N–H and O–H groups in total. The minimum absolute atomic E-state index is 0.743.